The van der Waals surface area contributed by atoms with Gasteiger partial charge in [-0.1, -0.05) is 35.5 Å². The summed E-state index contributed by atoms with van der Waals surface area (Å²) >= 11 is 0. The monoisotopic (exact) mass is 295 g/mol. The topological polar surface area (TPSA) is 85.8 Å². The van der Waals surface area contributed by atoms with Gasteiger partial charge in [-0.15, -0.1) is 17.5 Å². The summed E-state index contributed by atoms with van der Waals surface area (Å²) in [5, 5.41) is 10.5. The van der Waals surface area contributed by atoms with E-state index < -0.39 is 0 Å². The van der Waals surface area contributed by atoms with Crippen molar-refractivity contribution in [3.63, 3.8) is 0 Å². The van der Waals surface area contributed by atoms with Crippen molar-refractivity contribution in [3.05, 3.63) is 47.8 Å². The summed E-state index contributed by atoms with van der Waals surface area (Å²) in [5.74, 6) is -0.253. The fraction of sp³-hybridized carbons (Fsp3) is 0.308. The standard InChI is InChI=1S/C13H17N5O.ClH/c1-10(7-14)15-13(19)12-9-18(17-16-12)8-11-5-3-2-4-6-11;/h2-6,9-10H,7-8,14H2,1H3,(H,15,19);1H/t10-;/m0./s1. The lowest BCUT2D eigenvalue weighted by molar-refractivity contribution is 0.0936. The van der Waals surface area contributed by atoms with E-state index >= 15 is 0 Å². The summed E-state index contributed by atoms with van der Waals surface area (Å²) in [6, 6.07) is 9.80. The third-order valence-electron chi connectivity index (χ3n) is 2.69. The van der Waals surface area contributed by atoms with Gasteiger partial charge in [-0.05, 0) is 12.5 Å². The number of aromatic nitrogens is 3. The molecule has 1 aromatic carbocycles. The van der Waals surface area contributed by atoms with Gasteiger partial charge >= 0.3 is 0 Å². The van der Waals surface area contributed by atoms with Crippen molar-refractivity contribution in [2.75, 3.05) is 6.54 Å². The van der Waals surface area contributed by atoms with Gasteiger partial charge in [-0.3, -0.25) is 4.79 Å². The predicted molar refractivity (Wildman–Crippen MR) is 78.8 cm³/mol. The minimum atomic E-state index is -0.253. The molecule has 6 nitrogen and oxygen atoms in total. The van der Waals surface area contributed by atoms with Crippen LogP contribution in [0.15, 0.2) is 36.5 Å². The lowest BCUT2D eigenvalue weighted by Gasteiger charge is -2.08. The van der Waals surface area contributed by atoms with Gasteiger partial charge < -0.3 is 11.1 Å². The third kappa shape index (κ3) is 4.32. The number of nitrogens with two attached hydrogens (primary N) is 1. The fourth-order valence-corrected chi connectivity index (χ4v) is 1.61. The number of carbonyl (C=O) groups is 1. The van der Waals surface area contributed by atoms with Gasteiger partial charge in [0.15, 0.2) is 5.69 Å². The number of halogens is 1. The number of hydrogen-bond donors (Lipinski definition) is 2. The first-order valence-corrected chi connectivity index (χ1v) is 6.14. The lowest BCUT2D eigenvalue weighted by atomic mass is 10.2. The highest BCUT2D eigenvalue weighted by atomic mass is 35.5. The zero-order valence-corrected chi connectivity index (χ0v) is 12.0. The number of benzene rings is 1. The summed E-state index contributed by atoms with van der Waals surface area (Å²) in [7, 11) is 0. The number of hydrogen-bond acceptors (Lipinski definition) is 4. The quantitative estimate of drug-likeness (QED) is 0.855. The Morgan fingerprint density at radius 2 is 2.10 bits per heavy atom. The molecule has 0 bridgehead atoms. The molecule has 0 aliphatic carbocycles. The van der Waals surface area contributed by atoms with Gasteiger partial charge in [0.2, 0.25) is 0 Å². The van der Waals surface area contributed by atoms with E-state index in [1.54, 1.807) is 10.9 Å². The normalized spacial score (nSPS) is 11.5. The first-order valence-electron chi connectivity index (χ1n) is 6.14. The minimum absolute atomic E-state index is 0. The van der Waals surface area contributed by atoms with Crippen LogP contribution in [-0.2, 0) is 6.54 Å². The van der Waals surface area contributed by atoms with Crippen LogP contribution in [0.25, 0.3) is 0 Å². The predicted octanol–water partition coefficient (Wildman–Crippen LogP) is 0.825. The molecule has 1 aromatic heterocycles. The fourth-order valence-electron chi connectivity index (χ4n) is 1.61. The summed E-state index contributed by atoms with van der Waals surface area (Å²) in [6.07, 6.45) is 1.63. The zero-order chi connectivity index (χ0) is 13.7. The van der Waals surface area contributed by atoms with Crippen LogP contribution in [0.3, 0.4) is 0 Å². The first kappa shape index (κ1) is 16.1. The van der Waals surface area contributed by atoms with Crippen LogP contribution in [-0.4, -0.2) is 33.5 Å². The number of rotatable bonds is 5. The van der Waals surface area contributed by atoms with Crippen molar-refractivity contribution in [1.82, 2.24) is 20.3 Å². The molecule has 0 spiro atoms. The van der Waals surface area contributed by atoms with E-state index in [2.05, 4.69) is 15.6 Å². The van der Waals surface area contributed by atoms with E-state index in [1.165, 1.54) is 0 Å². The molecule has 0 unspecified atom stereocenters. The van der Waals surface area contributed by atoms with Crippen molar-refractivity contribution >= 4 is 18.3 Å². The Kier molecular flexibility index (Phi) is 6.14. The van der Waals surface area contributed by atoms with Crippen molar-refractivity contribution in [2.45, 2.75) is 19.5 Å². The van der Waals surface area contributed by atoms with Crippen LogP contribution in [0.5, 0.6) is 0 Å². The van der Waals surface area contributed by atoms with Crippen molar-refractivity contribution in [1.29, 1.82) is 0 Å². The largest absolute Gasteiger partial charge is 0.347 e. The van der Waals surface area contributed by atoms with Crippen LogP contribution in [0.1, 0.15) is 23.0 Å². The van der Waals surface area contributed by atoms with Crippen LogP contribution < -0.4 is 11.1 Å². The van der Waals surface area contributed by atoms with E-state index in [0.717, 1.165) is 5.56 Å². The molecule has 2 rings (SSSR count). The van der Waals surface area contributed by atoms with Crippen LogP contribution >= 0.6 is 12.4 Å². The summed E-state index contributed by atoms with van der Waals surface area (Å²) in [4.78, 5) is 11.8. The highest BCUT2D eigenvalue weighted by molar-refractivity contribution is 5.92. The Morgan fingerprint density at radius 3 is 2.75 bits per heavy atom. The average Bonchev–Trinajstić information content (AvgIpc) is 2.88. The highest BCUT2D eigenvalue weighted by Gasteiger charge is 2.12. The van der Waals surface area contributed by atoms with Gasteiger partial charge in [-0.2, -0.15) is 0 Å². The number of carbonyl (C=O) groups excluding carboxylic acids is 1. The van der Waals surface area contributed by atoms with Crippen LogP contribution in [0, 0.1) is 0 Å². The Morgan fingerprint density at radius 1 is 1.40 bits per heavy atom. The van der Waals surface area contributed by atoms with Gasteiger partial charge in [0.05, 0.1) is 12.7 Å². The van der Waals surface area contributed by atoms with Gasteiger partial charge in [0.25, 0.3) is 5.91 Å². The molecule has 1 heterocycles. The first-order chi connectivity index (χ1) is 9.19. The molecule has 1 amide bonds. The molecule has 0 radical (unpaired) electrons. The van der Waals surface area contributed by atoms with Crippen molar-refractivity contribution in [2.24, 2.45) is 5.73 Å². The average molecular weight is 296 g/mol. The molecular weight excluding hydrogens is 278 g/mol. The molecule has 0 fully saturated rings. The van der Waals surface area contributed by atoms with E-state index in [4.69, 9.17) is 5.73 Å². The molecule has 108 valence electrons. The van der Waals surface area contributed by atoms with E-state index in [9.17, 15) is 4.79 Å². The van der Waals surface area contributed by atoms with Crippen molar-refractivity contribution < 1.29 is 4.79 Å². The molecule has 0 aliphatic rings. The maximum absolute atomic E-state index is 11.8. The van der Waals surface area contributed by atoms with Gasteiger partial charge in [0.1, 0.15) is 0 Å². The smallest absolute Gasteiger partial charge is 0.273 e. The van der Waals surface area contributed by atoms with Gasteiger partial charge in [0, 0.05) is 12.6 Å². The Balaban J connectivity index is 0.00000200. The molecule has 3 N–H and O–H groups in total. The minimum Gasteiger partial charge on any atom is -0.347 e. The maximum atomic E-state index is 11.8. The molecule has 2 aromatic rings. The second-order valence-corrected chi connectivity index (χ2v) is 4.40. The molecule has 20 heavy (non-hydrogen) atoms. The summed E-state index contributed by atoms with van der Waals surface area (Å²) in [5.41, 5.74) is 6.86. The maximum Gasteiger partial charge on any atom is 0.273 e. The summed E-state index contributed by atoms with van der Waals surface area (Å²) in [6.45, 7) is 2.82. The number of nitrogens with zero attached hydrogens (tertiary/aromatic N) is 3. The molecular formula is C13H18ClN5O. The Labute approximate surface area is 123 Å². The zero-order valence-electron chi connectivity index (χ0n) is 11.2. The second kappa shape index (κ2) is 7.62. The Hall–Kier alpha value is -1.92. The van der Waals surface area contributed by atoms with E-state index in [-0.39, 0.29) is 24.4 Å². The van der Waals surface area contributed by atoms with Crippen LogP contribution in [0.4, 0.5) is 0 Å². The molecule has 1 atom stereocenters. The molecule has 7 heteroatoms. The number of amides is 1. The van der Waals surface area contributed by atoms with Crippen molar-refractivity contribution in [3.8, 4) is 0 Å². The number of nitrogens with one attached hydrogen (secondary N) is 1. The third-order valence-corrected chi connectivity index (χ3v) is 2.69. The van der Waals surface area contributed by atoms with E-state index in [1.807, 2.05) is 37.3 Å². The summed E-state index contributed by atoms with van der Waals surface area (Å²) < 4.78 is 1.64. The molecule has 0 saturated carbocycles. The highest BCUT2D eigenvalue weighted by Crippen LogP contribution is 2.02. The second-order valence-electron chi connectivity index (χ2n) is 4.40. The van der Waals surface area contributed by atoms with Crippen LogP contribution in [0.2, 0.25) is 0 Å². The SMILES string of the molecule is C[C@@H](CN)NC(=O)c1cn(Cc2ccccc2)nn1.Cl. The van der Waals surface area contributed by atoms with E-state index in [0.29, 0.717) is 18.8 Å². The lowest BCUT2D eigenvalue weighted by Crippen LogP contribution is -2.37. The molecule has 0 aliphatic heterocycles. The van der Waals surface area contributed by atoms with Gasteiger partial charge in [-0.25, -0.2) is 4.68 Å². The molecule has 0 saturated heterocycles. The Bertz CT molecular complexity index is 543.